The van der Waals surface area contributed by atoms with E-state index >= 15 is 0 Å². The van der Waals surface area contributed by atoms with Crippen molar-refractivity contribution in [3.8, 4) is 0 Å². The monoisotopic (exact) mass is 249 g/mol. The number of carbonyl (C=O) groups is 1. The van der Waals surface area contributed by atoms with Gasteiger partial charge in [0.1, 0.15) is 5.82 Å². The van der Waals surface area contributed by atoms with Crippen LogP contribution in [0.4, 0.5) is 10.1 Å². The number of rotatable bonds is 2. The molecule has 2 rings (SSSR count). The standard InChI is InChI=1S/C13H9ClFNO/c14-11-7-9(3-6-12(11)15)13(17)8-1-4-10(16)5-2-8/h1-7H,16H2. The van der Waals surface area contributed by atoms with Crippen LogP contribution in [0.1, 0.15) is 15.9 Å². The van der Waals surface area contributed by atoms with Gasteiger partial charge in [-0.05, 0) is 42.5 Å². The topological polar surface area (TPSA) is 43.1 Å². The van der Waals surface area contributed by atoms with Crippen LogP contribution in [0.25, 0.3) is 0 Å². The Labute approximate surface area is 103 Å². The quantitative estimate of drug-likeness (QED) is 0.656. The van der Waals surface area contributed by atoms with Gasteiger partial charge < -0.3 is 5.73 Å². The second kappa shape index (κ2) is 4.55. The molecule has 2 nitrogen and oxygen atoms in total. The summed E-state index contributed by atoms with van der Waals surface area (Å²) in [5, 5.41) is -0.0636. The number of nitrogen functional groups attached to an aromatic ring is 1. The summed E-state index contributed by atoms with van der Waals surface area (Å²) in [6.07, 6.45) is 0. The third-order valence-corrected chi connectivity index (χ3v) is 2.64. The first kappa shape index (κ1) is 11.6. The van der Waals surface area contributed by atoms with Crippen molar-refractivity contribution in [1.82, 2.24) is 0 Å². The summed E-state index contributed by atoms with van der Waals surface area (Å²) in [5.41, 5.74) is 6.95. The molecule has 0 amide bonds. The number of ketones is 1. The Bertz CT molecular complexity index is 566. The van der Waals surface area contributed by atoms with Crippen LogP contribution in [-0.4, -0.2) is 5.78 Å². The highest BCUT2D eigenvalue weighted by Gasteiger charge is 2.10. The third-order valence-electron chi connectivity index (χ3n) is 2.35. The molecule has 0 saturated heterocycles. The van der Waals surface area contributed by atoms with Gasteiger partial charge in [-0.15, -0.1) is 0 Å². The molecule has 0 spiro atoms. The molecule has 0 saturated carbocycles. The first-order valence-electron chi connectivity index (χ1n) is 4.93. The number of carbonyl (C=O) groups excluding carboxylic acids is 1. The summed E-state index contributed by atoms with van der Waals surface area (Å²) >= 11 is 5.62. The second-order valence-corrected chi connectivity index (χ2v) is 3.99. The van der Waals surface area contributed by atoms with E-state index in [0.717, 1.165) is 0 Å². The van der Waals surface area contributed by atoms with Crippen LogP contribution in [0.5, 0.6) is 0 Å². The lowest BCUT2D eigenvalue weighted by atomic mass is 10.0. The molecule has 4 heteroatoms. The fourth-order valence-corrected chi connectivity index (χ4v) is 1.62. The normalized spacial score (nSPS) is 10.2. The van der Waals surface area contributed by atoms with Crippen molar-refractivity contribution in [2.24, 2.45) is 0 Å². The molecular formula is C13H9ClFNO. The van der Waals surface area contributed by atoms with Gasteiger partial charge in [-0.3, -0.25) is 4.79 Å². The van der Waals surface area contributed by atoms with Gasteiger partial charge in [0.05, 0.1) is 5.02 Å². The molecule has 0 aliphatic heterocycles. The minimum atomic E-state index is -0.541. The number of benzene rings is 2. The van der Waals surface area contributed by atoms with Crippen molar-refractivity contribution in [1.29, 1.82) is 0 Å². The minimum Gasteiger partial charge on any atom is -0.399 e. The Morgan fingerprint density at radius 2 is 1.65 bits per heavy atom. The lowest BCUT2D eigenvalue weighted by molar-refractivity contribution is 0.103. The molecule has 0 aliphatic rings. The van der Waals surface area contributed by atoms with Gasteiger partial charge in [0, 0.05) is 16.8 Å². The van der Waals surface area contributed by atoms with E-state index in [4.69, 9.17) is 17.3 Å². The Morgan fingerprint density at radius 1 is 1.06 bits per heavy atom. The molecule has 2 aromatic carbocycles. The SMILES string of the molecule is Nc1ccc(C(=O)c2ccc(F)c(Cl)c2)cc1. The zero-order valence-corrected chi connectivity index (χ0v) is 9.54. The molecule has 17 heavy (non-hydrogen) atoms. The second-order valence-electron chi connectivity index (χ2n) is 3.58. The average Bonchev–Trinajstić information content (AvgIpc) is 2.33. The Hall–Kier alpha value is -1.87. The predicted octanol–water partition coefficient (Wildman–Crippen LogP) is 3.29. The summed E-state index contributed by atoms with van der Waals surface area (Å²) < 4.78 is 13.0. The van der Waals surface area contributed by atoms with Gasteiger partial charge in [-0.25, -0.2) is 4.39 Å². The van der Waals surface area contributed by atoms with Crippen molar-refractivity contribution < 1.29 is 9.18 Å². The van der Waals surface area contributed by atoms with Gasteiger partial charge >= 0.3 is 0 Å². The van der Waals surface area contributed by atoms with Crippen LogP contribution in [0, 0.1) is 5.82 Å². The van der Waals surface area contributed by atoms with E-state index in [1.807, 2.05) is 0 Å². The number of hydrogen-bond acceptors (Lipinski definition) is 2. The number of hydrogen-bond donors (Lipinski definition) is 1. The number of halogens is 2. The van der Waals surface area contributed by atoms with Crippen molar-refractivity contribution >= 4 is 23.1 Å². The van der Waals surface area contributed by atoms with E-state index in [1.54, 1.807) is 24.3 Å². The van der Waals surface area contributed by atoms with E-state index in [9.17, 15) is 9.18 Å². The molecule has 0 radical (unpaired) electrons. The molecule has 0 atom stereocenters. The predicted molar refractivity (Wildman–Crippen MR) is 65.7 cm³/mol. The summed E-state index contributed by atoms with van der Waals surface area (Å²) in [4.78, 5) is 12.0. The van der Waals surface area contributed by atoms with Gasteiger partial charge in [-0.1, -0.05) is 11.6 Å². The van der Waals surface area contributed by atoms with Gasteiger partial charge in [-0.2, -0.15) is 0 Å². The summed E-state index contributed by atoms with van der Waals surface area (Å²) in [6, 6.07) is 10.4. The van der Waals surface area contributed by atoms with Crippen LogP contribution in [0.15, 0.2) is 42.5 Å². The average molecular weight is 250 g/mol. The van der Waals surface area contributed by atoms with Gasteiger partial charge in [0.15, 0.2) is 5.78 Å². The maximum Gasteiger partial charge on any atom is 0.193 e. The van der Waals surface area contributed by atoms with Crippen molar-refractivity contribution in [3.63, 3.8) is 0 Å². The molecule has 0 bridgehead atoms. The van der Waals surface area contributed by atoms with E-state index < -0.39 is 5.82 Å². The highest BCUT2D eigenvalue weighted by atomic mass is 35.5. The number of anilines is 1. The molecule has 0 unspecified atom stereocenters. The fraction of sp³-hybridized carbons (Fsp3) is 0. The minimum absolute atomic E-state index is 0.0636. The smallest absolute Gasteiger partial charge is 0.193 e. The molecule has 0 aromatic heterocycles. The van der Waals surface area contributed by atoms with Gasteiger partial charge in [0.25, 0.3) is 0 Å². The van der Waals surface area contributed by atoms with Crippen LogP contribution in [0.2, 0.25) is 5.02 Å². The molecule has 0 fully saturated rings. The fourth-order valence-electron chi connectivity index (χ4n) is 1.44. The maximum absolute atomic E-state index is 13.0. The Kier molecular flexibility index (Phi) is 3.11. The molecule has 0 heterocycles. The third kappa shape index (κ3) is 2.45. The Balaban J connectivity index is 2.37. The first-order chi connectivity index (χ1) is 8.08. The summed E-state index contributed by atoms with van der Waals surface area (Å²) in [6.45, 7) is 0. The van der Waals surface area contributed by atoms with E-state index in [0.29, 0.717) is 16.8 Å². The van der Waals surface area contributed by atoms with Crippen molar-refractivity contribution in [2.45, 2.75) is 0 Å². The largest absolute Gasteiger partial charge is 0.399 e. The van der Waals surface area contributed by atoms with Crippen molar-refractivity contribution in [2.75, 3.05) is 5.73 Å². The molecule has 2 N–H and O–H groups in total. The van der Waals surface area contributed by atoms with E-state index in [-0.39, 0.29) is 10.8 Å². The van der Waals surface area contributed by atoms with E-state index in [2.05, 4.69) is 0 Å². The molecule has 86 valence electrons. The first-order valence-corrected chi connectivity index (χ1v) is 5.31. The molecular weight excluding hydrogens is 241 g/mol. The van der Waals surface area contributed by atoms with Crippen LogP contribution in [-0.2, 0) is 0 Å². The van der Waals surface area contributed by atoms with Gasteiger partial charge in [0.2, 0.25) is 0 Å². The molecule has 0 aliphatic carbocycles. The highest BCUT2D eigenvalue weighted by Crippen LogP contribution is 2.19. The van der Waals surface area contributed by atoms with Crippen molar-refractivity contribution in [3.05, 3.63) is 64.4 Å². The van der Waals surface area contributed by atoms with Crippen LogP contribution in [0.3, 0.4) is 0 Å². The lowest BCUT2D eigenvalue weighted by Gasteiger charge is -2.03. The zero-order chi connectivity index (χ0) is 12.4. The lowest BCUT2D eigenvalue weighted by Crippen LogP contribution is -2.01. The number of nitrogens with two attached hydrogens (primary N) is 1. The Morgan fingerprint density at radius 3 is 2.24 bits per heavy atom. The zero-order valence-electron chi connectivity index (χ0n) is 8.78. The van der Waals surface area contributed by atoms with Crippen LogP contribution < -0.4 is 5.73 Å². The van der Waals surface area contributed by atoms with E-state index in [1.165, 1.54) is 18.2 Å². The van der Waals surface area contributed by atoms with Crippen LogP contribution >= 0.6 is 11.6 Å². The summed E-state index contributed by atoms with van der Waals surface area (Å²) in [7, 11) is 0. The highest BCUT2D eigenvalue weighted by molar-refractivity contribution is 6.31. The maximum atomic E-state index is 13.0. The summed E-state index contributed by atoms with van der Waals surface area (Å²) in [5.74, 6) is -0.757. The molecule has 2 aromatic rings.